The zero-order valence-corrected chi connectivity index (χ0v) is 16.1. The fourth-order valence-corrected chi connectivity index (χ4v) is 5.05. The molecule has 1 heterocycles. The summed E-state index contributed by atoms with van der Waals surface area (Å²) in [6.07, 6.45) is 0. The Labute approximate surface area is 149 Å². The van der Waals surface area contributed by atoms with Gasteiger partial charge in [0.15, 0.2) is 0 Å². The summed E-state index contributed by atoms with van der Waals surface area (Å²) >= 11 is 6.08. The van der Waals surface area contributed by atoms with E-state index in [0.717, 1.165) is 6.54 Å². The zero-order chi connectivity index (χ0) is 17.9. The van der Waals surface area contributed by atoms with Gasteiger partial charge in [-0.25, -0.2) is 8.42 Å². The summed E-state index contributed by atoms with van der Waals surface area (Å²) in [5.74, 6) is 0.460. The molecule has 1 aliphatic rings. The first kappa shape index (κ1) is 19.5. The maximum absolute atomic E-state index is 12.9. The highest BCUT2D eigenvalue weighted by Gasteiger charge is 2.36. The lowest BCUT2D eigenvalue weighted by Gasteiger charge is -2.43. The Bertz CT molecular complexity index is 656. The molecule has 1 aromatic rings. The van der Waals surface area contributed by atoms with Crippen LogP contribution in [0.15, 0.2) is 23.1 Å². The van der Waals surface area contributed by atoms with Crippen molar-refractivity contribution in [1.29, 1.82) is 0 Å². The Morgan fingerprint density at radius 1 is 1.21 bits per heavy atom. The van der Waals surface area contributed by atoms with Gasteiger partial charge in [0.05, 0.1) is 23.6 Å². The largest absolute Gasteiger partial charge is 0.495 e. The first-order valence-corrected chi connectivity index (χ1v) is 9.71. The van der Waals surface area contributed by atoms with Crippen molar-refractivity contribution in [3.63, 3.8) is 0 Å². The highest BCUT2D eigenvalue weighted by atomic mass is 35.5. The maximum atomic E-state index is 12.9. The Morgan fingerprint density at radius 3 is 2.33 bits per heavy atom. The van der Waals surface area contributed by atoms with Gasteiger partial charge in [0.2, 0.25) is 10.0 Å². The third-order valence-corrected chi connectivity index (χ3v) is 6.51. The molecule has 2 unspecified atom stereocenters. The standard InChI is InChI=1S/C16H25ClN2O4S/c1-12-10-18(11-13(2)19(12)7-8-22-3)24(20,21)14-5-6-16(23-4)15(17)9-14/h5-6,9,12-13H,7-8,10-11H2,1-4H3. The molecule has 0 amide bonds. The number of piperazine rings is 1. The molecule has 0 aromatic heterocycles. The first-order valence-electron chi connectivity index (χ1n) is 7.89. The molecule has 0 radical (unpaired) electrons. The highest BCUT2D eigenvalue weighted by molar-refractivity contribution is 7.89. The molecule has 0 aliphatic carbocycles. The molecular formula is C16H25ClN2O4S. The quantitative estimate of drug-likeness (QED) is 0.760. The number of ether oxygens (including phenoxy) is 2. The predicted molar refractivity (Wildman–Crippen MR) is 94.3 cm³/mol. The molecule has 0 saturated carbocycles. The Balaban J connectivity index is 2.20. The van der Waals surface area contributed by atoms with Crippen LogP contribution in [0.25, 0.3) is 0 Å². The van der Waals surface area contributed by atoms with Gasteiger partial charge in [-0.2, -0.15) is 4.31 Å². The van der Waals surface area contributed by atoms with Crippen LogP contribution < -0.4 is 4.74 Å². The van der Waals surface area contributed by atoms with E-state index >= 15 is 0 Å². The third-order valence-electron chi connectivity index (χ3n) is 4.38. The number of rotatable bonds is 6. The van der Waals surface area contributed by atoms with Crippen LogP contribution in [0, 0.1) is 0 Å². The van der Waals surface area contributed by atoms with Crippen molar-refractivity contribution in [2.24, 2.45) is 0 Å². The van der Waals surface area contributed by atoms with Crippen LogP contribution in [-0.4, -0.2) is 70.2 Å². The lowest BCUT2D eigenvalue weighted by molar-refractivity contribution is 0.0496. The Hall–Kier alpha value is -0.860. The lowest BCUT2D eigenvalue weighted by Crippen LogP contribution is -2.58. The summed E-state index contributed by atoms with van der Waals surface area (Å²) in [5, 5.41) is 0.290. The topological polar surface area (TPSA) is 59.1 Å². The van der Waals surface area contributed by atoms with E-state index in [4.69, 9.17) is 21.1 Å². The summed E-state index contributed by atoms with van der Waals surface area (Å²) in [6, 6.07) is 4.80. The van der Waals surface area contributed by atoms with Gasteiger partial charge in [-0.05, 0) is 32.0 Å². The van der Waals surface area contributed by atoms with Crippen LogP contribution >= 0.6 is 11.6 Å². The number of sulfonamides is 1. The van der Waals surface area contributed by atoms with Crippen LogP contribution in [-0.2, 0) is 14.8 Å². The van der Waals surface area contributed by atoms with E-state index < -0.39 is 10.0 Å². The van der Waals surface area contributed by atoms with Crippen LogP contribution in [0.4, 0.5) is 0 Å². The van der Waals surface area contributed by atoms with Crippen LogP contribution in [0.1, 0.15) is 13.8 Å². The normalized spacial score (nSPS) is 23.4. The molecule has 0 bridgehead atoms. The third kappa shape index (κ3) is 4.03. The van der Waals surface area contributed by atoms with Gasteiger partial charge in [-0.3, -0.25) is 4.90 Å². The Morgan fingerprint density at radius 2 is 1.83 bits per heavy atom. The van der Waals surface area contributed by atoms with Crippen molar-refractivity contribution in [3.05, 3.63) is 23.2 Å². The van der Waals surface area contributed by atoms with Gasteiger partial charge >= 0.3 is 0 Å². The highest BCUT2D eigenvalue weighted by Crippen LogP contribution is 2.29. The molecular weight excluding hydrogens is 352 g/mol. The zero-order valence-electron chi connectivity index (χ0n) is 14.5. The van der Waals surface area contributed by atoms with Gasteiger partial charge in [0.25, 0.3) is 0 Å². The maximum Gasteiger partial charge on any atom is 0.243 e. The summed E-state index contributed by atoms with van der Waals surface area (Å²) in [4.78, 5) is 2.47. The van der Waals surface area contributed by atoms with Gasteiger partial charge in [-0.15, -0.1) is 0 Å². The molecule has 8 heteroatoms. The minimum absolute atomic E-state index is 0.118. The van der Waals surface area contributed by atoms with Crippen molar-refractivity contribution in [2.75, 3.05) is 40.5 Å². The lowest BCUT2D eigenvalue weighted by atomic mass is 10.1. The number of hydrogen-bond acceptors (Lipinski definition) is 5. The average molecular weight is 377 g/mol. The summed E-state index contributed by atoms with van der Waals surface area (Å²) < 4.78 is 37.6. The van der Waals surface area contributed by atoms with E-state index in [0.29, 0.717) is 30.5 Å². The second-order valence-corrected chi connectivity index (χ2v) is 8.39. The number of nitrogens with zero attached hydrogens (tertiary/aromatic N) is 2. The molecule has 1 fully saturated rings. The molecule has 0 spiro atoms. The fourth-order valence-electron chi connectivity index (χ4n) is 3.10. The summed E-state index contributed by atoms with van der Waals surface area (Å²) in [6.45, 7) is 6.39. The van der Waals surface area contributed by atoms with Crippen LogP contribution in [0.3, 0.4) is 0 Å². The van der Waals surface area contributed by atoms with Crippen molar-refractivity contribution in [1.82, 2.24) is 9.21 Å². The number of hydrogen-bond donors (Lipinski definition) is 0. The second kappa shape index (κ2) is 8.01. The minimum atomic E-state index is -3.58. The number of halogens is 1. The fraction of sp³-hybridized carbons (Fsp3) is 0.625. The molecule has 1 aliphatic heterocycles. The average Bonchev–Trinajstić information content (AvgIpc) is 2.53. The summed E-state index contributed by atoms with van der Waals surface area (Å²) in [7, 11) is -0.416. The molecule has 1 aromatic carbocycles. The van der Waals surface area contributed by atoms with Crippen LogP contribution in [0.2, 0.25) is 5.02 Å². The molecule has 136 valence electrons. The van der Waals surface area contributed by atoms with Crippen molar-refractivity contribution < 1.29 is 17.9 Å². The van der Waals surface area contributed by atoms with E-state index in [9.17, 15) is 8.42 Å². The SMILES string of the molecule is COCCN1C(C)CN(S(=O)(=O)c2ccc(OC)c(Cl)c2)CC1C. The van der Waals surface area contributed by atoms with E-state index in [1.54, 1.807) is 13.2 Å². The van der Waals surface area contributed by atoms with Gasteiger partial charge in [0, 0.05) is 38.8 Å². The van der Waals surface area contributed by atoms with Crippen molar-refractivity contribution in [3.8, 4) is 5.75 Å². The molecule has 6 nitrogen and oxygen atoms in total. The van der Waals surface area contributed by atoms with E-state index in [-0.39, 0.29) is 17.0 Å². The van der Waals surface area contributed by atoms with E-state index in [1.165, 1.54) is 23.5 Å². The van der Waals surface area contributed by atoms with E-state index in [1.807, 2.05) is 13.8 Å². The van der Waals surface area contributed by atoms with E-state index in [2.05, 4.69) is 4.90 Å². The second-order valence-electron chi connectivity index (χ2n) is 6.05. The van der Waals surface area contributed by atoms with Crippen LogP contribution in [0.5, 0.6) is 5.75 Å². The summed E-state index contributed by atoms with van der Waals surface area (Å²) in [5.41, 5.74) is 0. The van der Waals surface area contributed by atoms with Gasteiger partial charge < -0.3 is 9.47 Å². The number of benzene rings is 1. The Kier molecular flexibility index (Phi) is 6.50. The monoisotopic (exact) mass is 376 g/mol. The molecule has 1 saturated heterocycles. The van der Waals surface area contributed by atoms with Gasteiger partial charge in [0.1, 0.15) is 5.75 Å². The molecule has 2 rings (SSSR count). The molecule has 24 heavy (non-hydrogen) atoms. The molecule has 2 atom stereocenters. The van der Waals surface area contributed by atoms with Crippen molar-refractivity contribution >= 4 is 21.6 Å². The van der Waals surface area contributed by atoms with Crippen molar-refractivity contribution in [2.45, 2.75) is 30.8 Å². The predicted octanol–water partition coefficient (Wildman–Crippen LogP) is 2.08. The number of methoxy groups -OCH3 is 2. The van der Waals surface area contributed by atoms with Gasteiger partial charge in [-0.1, -0.05) is 11.6 Å². The first-order chi connectivity index (χ1) is 11.3. The minimum Gasteiger partial charge on any atom is -0.495 e. The molecule has 0 N–H and O–H groups in total. The smallest absolute Gasteiger partial charge is 0.243 e.